The smallest absolute Gasteiger partial charge is 0.238 e. The zero-order chi connectivity index (χ0) is 14.8. The highest BCUT2D eigenvalue weighted by molar-refractivity contribution is 9.10. The van der Waals surface area contributed by atoms with Crippen molar-refractivity contribution < 1.29 is 4.79 Å². The Morgan fingerprint density at radius 3 is 3.05 bits per heavy atom. The van der Waals surface area contributed by atoms with Crippen molar-refractivity contribution in [2.75, 3.05) is 38.0 Å². The first-order valence-corrected chi connectivity index (χ1v) is 8.50. The number of piperazine rings is 1. The number of nitrogens with one attached hydrogen (secondary N) is 1. The number of fused-ring (bicyclic) bond motifs is 1. The molecule has 1 N–H and O–H groups in total. The predicted molar refractivity (Wildman–Crippen MR) is 88.8 cm³/mol. The first-order valence-electron chi connectivity index (χ1n) is 7.33. The first-order chi connectivity index (χ1) is 10.1. The highest BCUT2D eigenvalue weighted by atomic mass is 79.9. The van der Waals surface area contributed by atoms with Gasteiger partial charge in [0.05, 0.1) is 17.3 Å². The Morgan fingerprint density at radius 1 is 1.38 bits per heavy atom. The minimum Gasteiger partial charge on any atom is -0.324 e. The van der Waals surface area contributed by atoms with E-state index >= 15 is 0 Å². The molecule has 0 saturated carbocycles. The molecule has 0 unspecified atom stereocenters. The number of amides is 1. The number of hydrogen-bond acceptors (Lipinski definition) is 3. The monoisotopic (exact) mass is 371 g/mol. The molecule has 0 aliphatic carbocycles. The van der Waals surface area contributed by atoms with Gasteiger partial charge in [-0.15, -0.1) is 0 Å². The fourth-order valence-corrected chi connectivity index (χ4v) is 3.90. The average Bonchev–Trinajstić information content (AvgIpc) is 2.89. The van der Waals surface area contributed by atoms with Crippen LogP contribution in [0.15, 0.2) is 22.7 Å². The van der Waals surface area contributed by atoms with E-state index in [-0.39, 0.29) is 5.91 Å². The number of nitrogens with zero attached hydrogens (tertiary/aromatic N) is 2. The number of benzene rings is 1. The molecule has 21 heavy (non-hydrogen) atoms. The van der Waals surface area contributed by atoms with Crippen LogP contribution in [-0.4, -0.2) is 54.5 Å². The fraction of sp³-hybridized carbons (Fsp3) is 0.533. The van der Waals surface area contributed by atoms with Gasteiger partial charge >= 0.3 is 0 Å². The van der Waals surface area contributed by atoms with Crippen molar-refractivity contribution in [2.24, 2.45) is 0 Å². The van der Waals surface area contributed by atoms with E-state index in [0.29, 0.717) is 23.3 Å². The van der Waals surface area contributed by atoms with Crippen LogP contribution in [0.3, 0.4) is 0 Å². The lowest BCUT2D eigenvalue weighted by molar-refractivity contribution is -0.117. The van der Waals surface area contributed by atoms with Gasteiger partial charge in [0, 0.05) is 30.1 Å². The number of rotatable bonds is 3. The summed E-state index contributed by atoms with van der Waals surface area (Å²) in [6, 6.07) is 6.12. The van der Waals surface area contributed by atoms with Crippen LogP contribution in [0, 0.1) is 0 Å². The first kappa shape index (κ1) is 15.3. The van der Waals surface area contributed by atoms with E-state index in [1.54, 1.807) is 6.07 Å². The zero-order valence-corrected chi connectivity index (χ0v) is 14.2. The van der Waals surface area contributed by atoms with Gasteiger partial charge in [-0.1, -0.05) is 27.5 Å². The number of anilines is 1. The summed E-state index contributed by atoms with van der Waals surface area (Å²) >= 11 is 9.48. The summed E-state index contributed by atoms with van der Waals surface area (Å²) in [4.78, 5) is 17.0. The minimum absolute atomic E-state index is 0.00525. The lowest BCUT2D eigenvalue weighted by Gasteiger charge is -2.37. The second-order valence-corrected chi connectivity index (χ2v) is 7.06. The summed E-state index contributed by atoms with van der Waals surface area (Å²) in [6.07, 6.45) is 2.55. The van der Waals surface area contributed by atoms with E-state index in [4.69, 9.17) is 11.6 Å². The highest BCUT2D eigenvalue weighted by Crippen LogP contribution is 2.26. The Morgan fingerprint density at radius 2 is 2.24 bits per heavy atom. The topological polar surface area (TPSA) is 35.6 Å². The van der Waals surface area contributed by atoms with Gasteiger partial charge in [0.25, 0.3) is 0 Å². The SMILES string of the molecule is O=C(CN1CCN2CCC[C@@H]2C1)Nc1ccc(Br)cc1Cl. The third kappa shape index (κ3) is 3.77. The van der Waals surface area contributed by atoms with E-state index in [1.807, 2.05) is 12.1 Å². The van der Waals surface area contributed by atoms with Gasteiger partial charge in [-0.25, -0.2) is 0 Å². The molecule has 2 fully saturated rings. The fourth-order valence-electron chi connectivity index (χ4n) is 3.18. The molecule has 2 saturated heterocycles. The highest BCUT2D eigenvalue weighted by Gasteiger charge is 2.31. The van der Waals surface area contributed by atoms with E-state index in [2.05, 4.69) is 31.0 Å². The van der Waals surface area contributed by atoms with Crippen LogP contribution in [-0.2, 0) is 4.79 Å². The molecule has 1 aromatic carbocycles. The number of halogens is 2. The molecule has 1 amide bonds. The maximum Gasteiger partial charge on any atom is 0.238 e. The van der Waals surface area contributed by atoms with Gasteiger partial charge in [0.1, 0.15) is 0 Å². The second-order valence-electron chi connectivity index (χ2n) is 5.74. The van der Waals surface area contributed by atoms with Crippen LogP contribution in [0.4, 0.5) is 5.69 Å². The Bertz CT molecular complexity index is 540. The second kappa shape index (κ2) is 6.65. The van der Waals surface area contributed by atoms with E-state index in [0.717, 1.165) is 24.1 Å². The summed E-state index contributed by atoms with van der Waals surface area (Å²) in [5, 5.41) is 3.45. The van der Waals surface area contributed by atoms with Gasteiger partial charge in [-0.2, -0.15) is 0 Å². The molecule has 0 aromatic heterocycles. The summed E-state index contributed by atoms with van der Waals surface area (Å²) < 4.78 is 0.905. The molecular weight excluding hydrogens is 354 g/mol. The molecule has 0 spiro atoms. The van der Waals surface area contributed by atoms with Gasteiger partial charge in [-0.3, -0.25) is 14.6 Å². The van der Waals surface area contributed by atoms with Crippen LogP contribution in [0.5, 0.6) is 0 Å². The van der Waals surface area contributed by atoms with Crippen LogP contribution in [0.1, 0.15) is 12.8 Å². The van der Waals surface area contributed by atoms with Crippen LogP contribution in [0.2, 0.25) is 5.02 Å². The Balaban J connectivity index is 1.54. The molecule has 6 heteroatoms. The molecule has 2 heterocycles. The zero-order valence-electron chi connectivity index (χ0n) is 11.8. The van der Waals surface area contributed by atoms with Gasteiger partial charge in [0.2, 0.25) is 5.91 Å². The molecule has 1 atom stereocenters. The van der Waals surface area contributed by atoms with Crippen LogP contribution in [0.25, 0.3) is 0 Å². The van der Waals surface area contributed by atoms with E-state index in [1.165, 1.54) is 19.4 Å². The third-order valence-electron chi connectivity index (χ3n) is 4.24. The van der Waals surface area contributed by atoms with E-state index < -0.39 is 0 Å². The summed E-state index contributed by atoms with van der Waals surface area (Å²) in [5.74, 6) is 0.00525. The van der Waals surface area contributed by atoms with Crippen molar-refractivity contribution in [3.63, 3.8) is 0 Å². The molecule has 3 rings (SSSR count). The molecule has 4 nitrogen and oxygen atoms in total. The van der Waals surface area contributed by atoms with Crippen LogP contribution >= 0.6 is 27.5 Å². The quantitative estimate of drug-likeness (QED) is 0.886. The summed E-state index contributed by atoms with van der Waals surface area (Å²) in [6.45, 7) is 4.71. The predicted octanol–water partition coefficient (Wildman–Crippen LogP) is 2.82. The van der Waals surface area contributed by atoms with Crippen LogP contribution < -0.4 is 5.32 Å². The minimum atomic E-state index is 0.00525. The average molecular weight is 373 g/mol. The number of carbonyl (C=O) groups is 1. The molecule has 0 radical (unpaired) electrons. The third-order valence-corrected chi connectivity index (χ3v) is 5.05. The van der Waals surface area contributed by atoms with Crippen molar-refractivity contribution in [2.45, 2.75) is 18.9 Å². The maximum atomic E-state index is 12.2. The molecule has 1 aromatic rings. The van der Waals surface area contributed by atoms with Crippen molar-refractivity contribution in [1.82, 2.24) is 9.80 Å². The Labute approximate surface area is 138 Å². The normalized spacial score (nSPS) is 23.0. The molecular formula is C15H19BrClN3O. The van der Waals surface area contributed by atoms with Gasteiger partial charge < -0.3 is 5.32 Å². The van der Waals surface area contributed by atoms with Crippen molar-refractivity contribution >= 4 is 39.1 Å². The van der Waals surface area contributed by atoms with Crippen molar-refractivity contribution in [1.29, 1.82) is 0 Å². The summed E-state index contributed by atoms with van der Waals surface area (Å²) in [5.41, 5.74) is 0.671. The van der Waals surface area contributed by atoms with Gasteiger partial charge in [-0.05, 0) is 37.6 Å². The molecule has 0 bridgehead atoms. The van der Waals surface area contributed by atoms with Gasteiger partial charge in [0.15, 0.2) is 0 Å². The van der Waals surface area contributed by atoms with Crippen molar-refractivity contribution in [3.05, 3.63) is 27.7 Å². The Kier molecular flexibility index (Phi) is 4.84. The number of carbonyl (C=O) groups excluding carboxylic acids is 1. The van der Waals surface area contributed by atoms with Crippen molar-refractivity contribution in [3.8, 4) is 0 Å². The molecule has 114 valence electrons. The Hall–Kier alpha value is -0.620. The lowest BCUT2D eigenvalue weighted by atomic mass is 10.1. The standard InChI is InChI=1S/C15H19BrClN3O/c16-11-3-4-14(13(17)8-11)18-15(21)10-19-6-7-20-5-1-2-12(20)9-19/h3-4,8,12H,1-2,5-7,9-10H2,(H,18,21)/t12-/m1/s1. The molecule has 2 aliphatic rings. The largest absolute Gasteiger partial charge is 0.324 e. The number of hydrogen-bond donors (Lipinski definition) is 1. The maximum absolute atomic E-state index is 12.2. The lowest BCUT2D eigenvalue weighted by Crippen LogP contribution is -2.51. The van der Waals surface area contributed by atoms with E-state index in [9.17, 15) is 4.79 Å². The summed E-state index contributed by atoms with van der Waals surface area (Å²) in [7, 11) is 0. The molecule has 2 aliphatic heterocycles.